The van der Waals surface area contributed by atoms with E-state index in [1.807, 2.05) is 18.0 Å². The van der Waals surface area contributed by atoms with E-state index in [1.165, 1.54) is 6.07 Å². The van der Waals surface area contributed by atoms with E-state index < -0.39 is 0 Å². The minimum atomic E-state index is -0.271. The Hall–Kier alpha value is -1.66. The molecule has 2 N–H and O–H groups in total. The third-order valence-corrected chi connectivity index (χ3v) is 5.28. The van der Waals surface area contributed by atoms with Crippen molar-refractivity contribution in [2.24, 2.45) is 5.92 Å². The van der Waals surface area contributed by atoms with Crippen LogP contribution in [0.1, 0.15) is 31.2 Å². The summed E-state index contributed by atoms with van der Waals surface area (Å²) in [6, 6.07) is 5.16. The molecule has 2 aliphatic heterocycles. The highest BCUT2D eigenvalue weighted by atomic mass is 19.1. The third-order valence-electron chi connectivity index (χ3n) is 5.28. The molecule has 1 unspecified atom stereocenters. The quantitative estimate of drug-likeness (QED) is 0.870. The zero-order chi connectivity index (χ0) is 17.8. The molecule has 0 saturated carbocycles. The average molecular weight is 349 g/mol. The van der Waals surface area contributed by atoms with Gasteiger partial charge in [0.1, 0.15) is 5.82 Å². The van der Waals surface area contributed by atoms with Gasteiger partial charge in [-0.3, -0.25) is 4.79 Å². The molecule has 3 rings (SSSR count). The van der Waals surface area contributed by atoms with Gasteiger partial charge < -0.3 is 20.2 Å². The molecule has 2 aliphatic rings. The second-order valence-electron chi connectivity index (χ2n) is 7.32. The first kappa shape index (κ1) is 18.1. The van der Waals surface area contributed by atoms with Gasteiger partial charge in [0.15, 0.2) is 0 Å². The second kappa shape index (κ2) is 8.15. The van der Waals surface area contributed by atoms with Crippen LogP contribution in [-0.4, -0.2) is 55.2 Å². The first-order chi connectivity index (χ1) is 12.0. The van der Waals surface area contributed by atoms with E-state index in [9.17, 15) is 14.3 Å². The Morgan fingerprint density at radius 1 is 1.28 bits per heavy atom. The summed E-state index contributed by atoms with van der Waals surface area (Å²) < 4.78 is 14.4. The van der Waals surface area contributed by atoms with Gasteiger partial charge in [0.05, 0.1) is 17.7 Å². The van der Waals surface area contributed by atoms with E-state index >= 15 is 0 Å². The molecule has 0 aliphatic carbocycles. The van der Waals surface area contributed by atoms with Gasteiger partial charge in [0, 0.05) is 26.2 Å². The van der Waals surface area contributed by atoms with Crippen molar-refractivity contribution in [2.75, 3.05) is 38.1 Å². The van der Waals surface area contributed by atoms with E-state index in [0.717, 1.165) is 31.5 Å². The number of aliphatic hydroxyl groups is 1. The molecule has 25 heavy (non-hydrogen) atoms. The van der Waals surface area contributed by atoms with Crippen LogP contribution in [0.25, 0.3) is 0 Å². The van der Waals surface area contributed by atoms with Crippen molar-refractivity contribution in [3.8, 4) is 0 Å². The number of carbonyl (C=O) groups is 1. The van der Waals surface area contributed by atoms with Gasteiger partial charge in [-0.2, -0.15) is 0 Å². The Labute approximate surface area is 148 Å². The first-order valence-electron chi connectivity index (χ1n) is 9.20. The Balaban J connectivity index is 1.55. The number of piperidine rings is 2. The molecule has 2 heterocycles. The Morgan fingerprint density at radius 3 is 2.72 bits per heavy atom. The molecule has 2 fully saturated rings. The van der Waals surface area contributed by atoms with Gasteiger partial charge in [-0.25, -0.2) is 4.39 Å². The highest BCUT2D eigenvalue weighted by Crippen LogP contribution is 2.24. The lowest BCUT2D eigenvalue weighted by atomic mass is 9.97. The molecule has 0 bridgehead atoms. The molecular weight excluding hydrogens is 321 g/mol. The maximum Gasteiger partial charge on any atom is 0.224 e. The normalized spacial score (nSPS) is 22.8. The summed E-state index contributed by atoms with van der Waals surface area (Å²) in [7, 11) is 2.03. The molecular formula is C19H28FN3O2. The van der Waals surface area contributed by atoms with Crippen LogP contribution in [0, 0.1) is 11.7 Å². The van der Waals surface area contributed by atoms with Gasteiger partial charge >= 0.3 is 0 Å². The number of halogens is 1. The summed E-state index contributed by atoms with van der Waals surface area (Å²) >= 11 is 0. The Kier molecular flexibility index (Phi) is 5.91. The van der Waals surface area contributed by atoms with Crippen LogP contribution in [0.2, 0.25) is 0 Å². The molecule has 138 valence electrons. The fraction of sp³-hybridized carbons (Fsp3) is 0.632. The minimum absolute atomic E-state index is 0.0302. The molecule has 1 aromatic rings. The van der Waals surface area contributed by atoms with Gasteiger partial charge in [-0.05, 0) is 57.0 Å². The molecule has 1 aromatic carbocycles. The van der Waals surface area contributed by atoms with Crippen molar-refractivity contribution >= 4 is 11.6 Å². The van der Waals surface area contributed by atoms with Gasteiger partial charge in [0.2, 0.25) is 5.91 Å². The van der Waals surface area contributed by atoms with Crippen molar-refractivity contribution in [2.45, 2.75) is 38.3 Å². The van der Waals surface area contributed by atoms with Gasteiger partial charge in [-0.1, -0.05) is 6.07 Å². The zero-order valence-corrected chi connectivity index (χ0v) is 14.9. The fourth-order valence-electron chi connectivity index (χ4n) is 3.74. The number of nitrogens with one attached hydrogen (secondary N) is 1. The van der Waals surface area contributed by atoms with Crippen LogP contribution in [0.4, 0.5) is 10.1 Å². The molecule has 6 heteroatoms. The summed E-state index contributed by atoms with van der Waals surface area (Å²) in [6.45, 7) is 3.53. The lowest BCUT2D eigenvalue weighted by molar-refractivity contribution is -0.126. The van der Waals surface area contributed by atoms with Crippen molar-refractivity contribution in [1.82, 2.24) is 10.2 Å². The summed E-state index contributed by atoms with van der Waals surface area (Å²) in [5, 5.41) is 12.5. The van der Waals surface area contributed by atoms with Crippen LogP contribution in [0.5, 0.6) is 0 Å². The molecule has 1 amide bonds. The Bertz CT molecular complexity index is 602. The van der Waals surface area contributed by atoms with Gasteiger partial charge in [0.25, 0.3) is 0 Å². The number of amides is 1. The van der Waals surface area contributed by atoms with Crippen molar-refractivity contribution < 1.29 is 14.3 Å². The molecule has 1 atom stereocenters. The summed E-state index contributed by atoms with van der Waals surface area (Å²) in [6.07, 6.45) is 3.04. The maximum atomic E-state index is 14.4. The van der Waals surface area contributed by atoms with Gasteiger partial charge in [-0.15, -0.1) is 0 Å². The number of rotatable bonds is 4. The number of hydrogen-bond donors (Lipinski definition) is 2. The number of likely N-dealkylation sites (tertiary alicyclic amines) is 1. The van der Waals surface area contributed by atoms with Crippen LogP contribution < -0.4 is 10.2 Å². The topological polar surface area (TPSA) is 55.8 Å². The van der Waals surface area contributed by atoms with E-state index in [-0.39, 0.29) is 23.7 Å². The number of nitrogens with zero attached hydrogens (tertiary/aromatic N) is 2. The van der Waals surface area contributed by atoms with Crippen LogP contribution in [0.3, 0.4) is 0 Å². The third kappa shape index (κ3) is 4.70. The maximum absolute atomic E-state index is 14.4. The monoisotopic (exact) mass is 349 g/mol. The molecule has 2 saturated heterocycles. The summed E-state index contributed by atoms with van der Waals surface area (Å²) in [5.74, 6) is -0.177. The highest BCUT2D eigenvalue weighted by Gasteiger charge is 2.24. The van der Waals surface area contributed by atoms with E-state index in [1.54, 1.807) is 6.07 Å². The number of carbonyl (C=O) groups excluding carboxylic acids is 1. The lowest BCUT2D eigenvalue weighted by Gasteiger charge is -2.31. The predicted molar refractivity (Wildman–Crippen MR) is 95.9 cm³/mol. The van der Waals surface area contributed by atoms with Crippen LogP contribution in [-0.2, 0) is 11.3 Å². The fourth-order valence-corrected chi connectivity index (χ4v) is 3.74. The summed E-state index contributed by atoms with van der Waals surface area (Å²) in [5.41, 5.74) is 1.35. The number of benzene rings is 1. The van der Waals surface area contributed by atoms with Crippen LogP contribution in [0.15, 0.2) is 18.2 Å². The molecule has 0 radical (unpaired) electrons. The largest absolute Gasteiger partial charge is 0.393 e. The second-order valence-corrected chi connectivity index (χ2v) is 7.32. The minimum Gasteiger partial charge on any atom is -0.393 e. The van der Waals surface area contributed by atoms with E-state index in [2.05, 4.69) is 10.2 Å². The van der Waals surface area contributed by atoms with Crippen molar-refractivity contribution in [1.29, 1.82) is 0 Å². The summed E-state index contributed by atoms with van der Waals surface area (Å²) in [4.78, 5) is 16.4. The van der Waals surface area contributed by atoms with Crippen LogP contribution >= 0.6 is 0 Å². The zero-order valence-electron chi connectivity index (χ0n) is 14.9. The molecule has 0 aromatic heterocycles. The smallest absolute Gasteiger partial charge is 0.224 e. The van der Waals surface area contributed by atoms with E-state index in [0.29, 0.717) is 38.2 Å². The lowest BCUT2D eigenvalue weighted by Crippen LogP contribution is -2.41. The van der Waals surface area contributed by atoms with E-state index in [4.69, 9.17) is 0 Å². The Morgan fingerprint density at radius 2 is 2.04 bits per heavy atom. The molecule has 5 nitrogen and oxygen atoms in total. The SMILES string of the molecule is CN1CCCC(C(=O)NCc2ccc(N3CCC(O)CC3)c(F)c2)C1. The average Bonchev–Trinajstić information content (AvgIpc) is 2.61. The molecule has 0 spiro atoms. The highest BCUT2D eigenvalue weighted by molar-refractivity contribution is 5.79. The number of anilines is 1. The predicted octanol–water partition coefficient (Wildman–Crippen LogP) is 1.74. The van der Waals surface area contributed by atoms with Crippen molar-refractivity contribution in [3.63, 3.8) is 0 Å². The standard InChI is InChI=1S/C19H28FN3O2/c1-22-8-2-3-15(13-22)19(25)21-12-14-4-5-18(17(20)11-14)23-9-6-16(24)7-10-23/h4-5,11,15-16,24H,2-3,6-10,12-13H2,1H3,(H,21,25). The number of hydrogen-bond acceptors (Lipinski definition) is 4. The van der Waals surface area contributed by atoms with Crippen molar-refractivity contribution in [3.05, 3.63) is 29.6 Å². The first-order valence-corrected chi connectivity index (χ1v) is 9.20. The number of aliphatic hydroxyl groups excluding tert-OH is 1.